The van der Waals surface area contributed by atoms with Gasteiger partial charge in [-0.2, -0.15) is 0 Å². The van der Waals surface area contributed by atoms with E-state index in [9.17, 15) is 4.79 Å². The smallest absolute Gasteiger partial charge is 0.261 e. The van der Waals surface area contributed by atoms with Crippen molar-refractivity contribution in [1.29, 1.82) is 0 Å². The Morgan fingerprint density at radius 2 is 1.90 bits per heavy atom. The molecular weight excluding hydrogens is 362 g/mol. The lowest BCUT2D eigenvalue weighted by atomic mass is 9.89. The molecule has 2 atom stereocenters. The van der Waals surface area contributed by atoms with E-state index in [-0.39, 0.29) is 17.6 Å². The van der Waals surface area contributed by atoms with Gasteiger partial charge in [0.2, 0.25) is 0 Å². The van der Waals surface area contributed by atoms with Crippen molar-refractivity contribution in [3.8, 4) is 11.5 Å². The van der Waals surface area contributed by atoms with Gasteiger partial charge in [-0.1, -0.05) is 48.5 Å². The molecular formula is C25H27NO3. The minimum Gasteiger partial charge on any atom is -0.487 e. The predicted octanol–water partition coefficient (Wildman–Crippen LogP) is 5.33. The number of aryl methyl sites for hydroxylation is 1. The summed E-state index contributed by atoms with van der Waals surface area (Å²) in [5.74, 6) is 1.43. The van der Waals surface area contributed by atoms with Gasteiger partial charge >= 0.3 is 0 Å². The molecule has 1 aliphatic heterocycles. The monoisotopic (exact) mass is 389 g/mol. The third kappa shape index (κ3) is 4.07. The molecule has 1 N–H and O–H groups in total. The third-order valence-electron chi connectivity index (χ3n) is 5.37. The second-order valence-electron chi connectivity index (χ2n) is 8.41. The van der Waals surface area contributed by atoms with Crippen LogP contribution in [0.2, 0.25) is 0 Å². The van der Waals surface area contributed by atoms with Crippen LogP contribution in [-0.2, 0) is 4.79 Å². The standard InChI is InChI=1S/C25H27NO3/c1-16-12-13-20-21(15-25(3,4)29-23(20)14-16)26-24(27)17(2)28-22-11-7-9-18-8-5-6-10-19(18)22/h5-14,17,21H,15H2,1-4H3,(H,26,27)/t17-,21+/m1/s1. The van der Waals surface area contributed by atoms with Gasteiger partial charge in [-0.15, -0.1) is 0 Å². The third-order valence-corrected chi connectivity index (χ3v) is 5.37. The molecule has 150 valence electrons. The van der Waals surface area contributed by atoms with Crippen LogP contribution >= 0.6 is 0 Å². The molecule has 0 radical (unpaired) electrons. The van der Waals surface area contributed by atoms with Crippen molar-refractivity contribution in [3.05, 3.63) is 71.8 Å². The van der Waals surface area contributed by atoms with Gasteiger partial charge in [0, 0.05) is 17.4 Å². The molecule has 0 spiro atoms. The number of amides is 1. The summed E-state index contributed by atoms with van der Waals surface area (Å²) in [7, 11) is 0. The van der Waals surface area contributed by atoms with E-state index in [0.717, 1.165) is 27.6 Å². The highest BCUT2D eigenvalue weighted by atomic mass is 16.5. The quantitative estimate of drug-likeness (QED) is 0.656. The molecule has 0 aromatic heterocycles. The van der Waals surface area contributed by atoms with E-state index in [1.54, 1.807) is 6.92 Å². The zero-order valence-corrected chi connectivity index (χ0v) is 17.4. The van der Waals surface area contributed by atoms with Crippen LogP contribution in [0.3, 0.4) is 0 Å². The molecule has 4 nitrogen and oxygen atoms in total. The van der Waals surface area contributed by atoms with Crippen LogP contribution < -0.4 is 14.8 Å². The molecule has 0 fully saturated rings. The molecule has 0 aliphatic carbocycles. The van der Waals surface area contributed by atoms with Gasteiger partial charge in [-0.05, 0) is 50.8 Å². The zero-order chi connectivity index (χ0) is 20.6. The average molecular weight is 389 g/mol. The van der Waals surface area contributed by atoms with Gasteiger partial charge in [0.15, 0.2) is 6.10 Å². The molecule has 1 aliphatic rings. The summed E-state index contributed by atoms with van der Waals surface area (Å²) < 4.78 is 12.2. The number of fused-ring (bicyclic) bond motifs is 2. The Labute approximate surface area is 171 Å². The number of ether oxygens (including phenoxy) is 2. The van der Waals surface area contributed by atoms with Crippen molar-refractivity contribution < 1.29 is 14.3 Å². The molecule has 4 rings (SSSR count). The summed E-state index contributed by atoms with van der Waals surface area (Å²) in [5, 5.41) is 5.27. The number of benzene rings is 3. The second kappa shape index (κ2) is 7.43. The number of carbonyl (C=O) groups excluding carboxylic acids is 1. The molecule has 29 heavy (non-hydrogen) atoms. The minimum absolute atomic E-state index is 0.111. The highest BCUT2D eigenvalue weighted by Gasteiger charge is 2.35. The Morgan fingerprint density at radius 3 is 2.72 bits per heavy atom. The summed E-state index contributed by atoms with van der Waals surface area (Å²) in [6.45, 7) is 7.93. The summed E-state index contributed by atoms with van der Waals surface area (Å²) >= 11 is 0. The second-order valence-corrected chi connectivity index (χ2v) is 8.41. The fraction of sp³-hybridized carbons (Fsp3) is 0.320. The predicted molar refractivity (Wildman–Crippen MR) is 115 cm³/mol. The van der Waals surface area contributed by atoms with E-state index < -0.39 is 6.10 Å². The van der Waals surface area contributed by atoms with Crippen molar-refractivity contribution in [3.63, 3.8) is 0 Å². The minimum atomic E-state index is -0.610. The first-order valence-corrected chi connectivity index (χ1v) is 10.1. The number of hydrogen-bond donors (Lipinski definition) is 1. The maximum absolute atomic E-state index is 13.0. The van der Waals surface area contributed by atoms with Crippen LogP contribution in [0.4, 0.5) is 0 Å². The maximum atomic E-state index is 13.0. The van der Waals surface area contributed by atoms with Crippen molar-refractivity contribution in [2.24, 2.45) is 0 Å². The fourth-order valence-corrected chi connectivity index (χ4v) is 3.92. The van der Waals surface area contributed by atoms with Crippen LogP contribution in [-0.4, -0.2) is 17.6 Å². The van der Waals surface area contributed by atoms with Gasteiger partial charge in [0.1, 0.15) is 17.1 Å². The molecule has 4 heteroatoms. The SMILES string of the molecule is Cc1ccc2c(c1)OC(C)(C)C[C@@H]2NC(=O)[C@@H](C)Oc1cccc2ccccc12. The summed E-state index contributed by atoms with van der Waals surface area (Å²) in [4.78, 5) is 13.0. The van der Waals surface area contributed by atoms with Gasteiger partial charge < -0.3 is 14.8 Å². The molecule has 0 bridgehead atoms. The lowest BCUT2D eigenvalue weighted by Crippen LogP contribution is -2.44. The highest BCUT2D eigenvalue weighted by Crippen LogP contribution is 2.40. The van der Waals surface area contributed by atoms with Crippen LogP contribution in [0, 0.1) is 6.92 Å². The van der Waals surface area contributed by atoms with E-state index in [4.69, 9.17) is 9.47 Å². The van der Waals surface area contributed by atoms with E-state index in [0.29, 0.717) is 12.2 Å². The van der Waals surface area contributed by atoms with E-state index in [1.165, 1.54) is 0 Å². The summed E-state index contributed by atoms with van der Waals surface area (Å²) in [6.07, 6.45) is 0.0937. The van der Waals surface area contributed by atoms with E-state index in [2.05, 4.69) is 11.4 Å². The van der Waals surface area contributed by atoms with Gasteiger partial charge in [0.05, 0.1) is 6.04 Å². The van der Waals surface area contributed by atoms with Crippen LogP contribution in [0.25, 0.3) is 10.8 Å². The molecule has 1 amide bonds. The van der Waals surface area contributed by atoms with Crippen LogP contribution in [0.15, 0.2) is 60.7 Å². The topological polar surface area (TPSA) is 47.6 Å². The van der Waals surface area contributed by atoms with Crippen molar-refractivity contribution in [2.45, 2.75) is 51.9 Å². The lowest BCUT2D eigenvalue weighted by Gasteiger charge is -2.38. The molecule has 0 unspecified atom stereocenters. The normalized spacial score (nSPS) is 18.4. The highest BCUT2D eigenvalue weighted by molar-refractivity contribution is 5.89. The molecule has 3 aromatic rings. The van der Waals surface area contributed by atoms with E-state index >= 15 is 0 Å². The van der Waals surface area contributed by atoms with E-state index in [1.807, 2.05) is 75.4 Å². The maximum Gasteiger partial charge on any atom is 0.261 e. The van der Waals surface area contributed by atoms with Gasteiger partial charge in [-0.3, -0.25) is 4.79 Å². The Balaban J connectivity index is 1.53. The fourth-order valence-electron chi connectivity index (χ4n) is 3.92. The van der Waals surface area contributed by atoms with Crippen molar-refractivity contribution in [2.75, 3.05) is 0 Å². The lowest BCUT2D eigenvalue weighted by molar-refractivity contribution is -0.128. The number of hydrogen-bond acceptors (Lipinski definition) is 3. The first-order chi connectivity index (χ1) is 13.8. The van der Waals surface area contributed by atoms with Crippen molar-refractivity contribution in [1.82, 2.24) is 5.32 Å². The Kier molecular flexibility index (Phi) is 4.95. The number of rotatable bonds is 4. The first-order valence-electron chi connectivity index (χ1n) is 10.1. The summed E-state index contributed by atoms with van der Waals surface area (Å²) in [6, 6.07) is 19.9. The van der Waals surface area contributed by atoms with Crippen molar-refractivity contribution >= 4 is 16.7 Å². The molecule has 1 heterocycles. The Bertz CT molecular complexity index is 1050. The number of carbonyl (C=O) groups is 1. The Hall–Kier alpha value is -3.01. The average Bonchev–Trinajstić information content (AvgIpc) is 2.67. The zero-order valence-electron chi connectivity index (χ0n) is 17.4. The van der Waals surface area contributed by atoms with Gasteiger partial charge in [0.25, 0.3) is 5.91 Å². The van der Waals surface area contributed by atoms with Crippen LogP contribution in [0.1, 0.15) is 44.4 Å². The Morgan fingerprint density at radius 1 is 1.14 bits per heavy atom. The number of nitrogens with one attached hydrogen (secondary N) is 1. The molecule has 3 aromatic carbocycles. The molecule has 0 saturated carbocycles. The van der Waals surface area contributed by atoms with Gasteiger partial charge in [-0.25, -0.2) is 0 Å². The van der Waals surface area contributed by atoms with Crippen LogP contribution in [0.5, 0.6) is 11.5 Å². The largest absolute Gasteiger partial charge is 0.487 e. The summed E-state index contributed by atoms with van der Waals surface area (Å²) in [5.41, 5.74) is 1.80. The molecule has 0 saturated heterocycles. The first kappa shape index (κ1) is 19.3.